The van der Waals surface area contributed by atoms with Crippen molar-refractivity contribution < 1.29 is 20.1 Å². The summed E-state index contributed by atoms with van der Waals surface area (Å²) in [5, 5.41) is 3.98. The second kappa shape index (κ2) is 14.8. The monoisotopic (exact) mass is 839 g/mol. The van der Waals surface area contributed by atoms with Gasteiger partial charge in [0.2, 0.25) is 0 Å². The Kier molecular flexibility index (Phi) is 11.0. The number of nitrogens with zero attached hydrogens (tertiary/aromatic N) is 2. The van der Waals surface area contributed by atoms with Crippen molar-refractivity contribution in [1.29, 1.82) is 0 Å². The molecular formula is C43H42IrN2SSi-2. The Hall–Kier alpha value is -3.73. The van der Waals surface area contributed by atoms with Crippen LogP contribution in [-0.4, -0.2) is 18.0 Å². The summed E-state index contributed by atoms with van der Waals surface area (Å²) in [4.78, 5) is 9.33. The van der Waals surface area contributed by atoms with Gasteiger partial charge >= 0.3 is 0 Å². The van der Waals surface area contributed by atoms with Crippen LogP contribution in [0.25, 0.3) is 53.8 Å². The van der Waals surface area contributed by atoms with Crippen LogP contribution in [0.15, 0.2) is 116 Å². The minimum Gasteiger partial charge on any atom is -0.305 e. The normalized spacial score (nSPS) is 11.6. The molecular weight excluding hydrogens is 797 g/mol. The molecule has 0 aliphatic rings. The first kappa shape index (κ1) is 35.6. The van der Waals surface area contributed by atoms with E-state index in [0.29, 0.717) is 0 Å². The summed E-state index contributed by atoms with van der Waals surface area (Å²) in [6.45, 7) is 16.0. The second-order valence-electron chi connectivity index (χ2n) is 14.4. The van der Waals surface area contributed by atoms with Gasteiger partial charge in [0.15, 0.2) is 0 Å². The predicted octanol–water partition coefficient (Wildman–Crippen LogP) is 11.6. The Bertz CT molecular complexity index is 2130. The van der Waals surface area contributed by atoms with Gasteiger partial charge in [-0.15, -0.1) is 59.7 Å². The largest absolute Gasteiger partial charge is 0.305 e. The van der Waals surface area contributed by atoms with Crippen LogP contribution in [0.5, 0.6) is 0 Å². The Morgan fingerprint density at radius 3 is 2.10 bits per heavy atom. The molecule has 7 rings (SSSR count). The van der Waals surface area contributed by atoms with Gasteiger partial charge in [0.25, 0.3) is 0 Å². The molecule has 2 nitrogen and oxygen atoms in total. The zero-order valence-corrected chi connectivity index (χ0v) is 33.0. The topological polar surface area (TPSA) is 25.8 Å². The van der Waals surface area contributed by atoms with Gasteiger partial charge in [0.05, 0.1) is 8.07 Å². The molecule has 7 aromatic rings. The fourth-order valence-electron chi connectivity index (χ4n) is 5.81. The van der Waals surface area contributed by atoms with Crippen molar-refractivity contribution in [2.75, 3.05) is 0 Å². The molecule has 5 heteroatoms. The van der Waals surface area contributed by atoms with E-state index in [2.05, 4.69) is 137 Å². The van der Waals surface area contributed by atoms with E-state index in [4.69, 9.17) is 4.98 Å². The third-order valence-corrected chi connectivity index (χ3v) is 11.6. The van der Waals surface area contributed by atoms with Crippen molar-refractivity contribution in [2.24, 2.45) is 5.41 Å². The van der Waals surface area contributed by atoms with Crippen molar-refractivity contribution >= 4 is 44.8 Å². The molecule has 3 aromatic heterocycles. The molecule has 0 atom stereocenters. The number of rotatable bonds is 5. The number of aryl methyl sites for hydroxylation is 1. The van der Waals surface area contributed by atoms with E-state index in [0.717, 1.165) is 28.9 Å². The standard InChI is InChI=1S/C29H26NS.C14H16NSi.Ir/c1-19-18-30-26(16-21(19)17-29(2,3)4)25-15-9-14-24-23-13-8-12-22(27(23)31-28(24)25)20-10-6-5-7-11-20;1-16(2,3)13-9-10-14(15-11-13)12-7-5-4-6-8-12;/h5-14,16,18H,17H2,1-4H3;4-7,9-11H,1-3H3;/q2*-1;. The van der Waals surface area contributed by atoms with Gasteiger partial charge in [0, 0.05) is 37.2 Å². The molecule has 0 amide bonds. The first-order valence-electron chi connectivity index (χ1n) is 16.3. The minimum absolute atomic E-state index is 0. The van der Waals surface area contributed by atoms with Crippen molar-refractivity contribution in [2.45, 2.75) is 53.8 Å². The molecule has 1 radical (unpaired) electrons. The molecule has 48 heavy (non-hydrogen) atoms. The van der Waals surface area contributed by atoms with E-state index in [1.807, 2.05) is 54.1 Å². The summed E-state index contributed by atoms with van der Waals surface area (Å²) in [5.41, 5.74) is 9.59. The summed E-state index contributed by atoms with van der Waals surface area (Å²) >= 11 is 1.86. The van der Waals surface area contributed by atoms with Crippen LogP contribution < -0.4 is 5.19 Å². The molecule has 4 aromatic carbocycles. The number of hydrogen-bond acceptors (Lipinski definition) is 3. The fraction of sp³-hybridized carbons (Fsp3) is 0.209. The van der Waals surface area contributed by atoms with Gasteiger partial charge in [-0.2, -0.15) is 11.3 Å². The molecule has 0 spiro atoms. The zero-order valence-electron chi connectivity index (χ0n) is 28.8. The van der Waals surface area contributed by atoms with Crippen LogP contribution in [-0.2, 0) is 26.5 Å². The van der Waals surface area contributed by atoms with E-state index in [1.165, 1.54) is 47.6 Å². The van der Waals surface area contributed by atoms with Gasteiger partial charge < -0.3 is 9.97 Å². The number of hydrogen-bond donors (Lipinski definition) is 0. The van der Waals surface area contributed by atoms with E-state index in [9.17, 15) is 0 Å². The summed E-state index contributed by atoms with van der Waals surface area (Å²) < 4.78 is 2.59. The SMILES string of the molecule is C[Si](C)(C)c1ccc(-c2[c-]cccc2)nc1.Cc1cnc(-c2[c-]ccc3c2sc2c(-c4ccccc4)cccc23)cc1CC(C)(C)C.[Ir]. The Morgan fingerprint density at radius 1 is 0.708 bits per heavy atom. The number of benzene rings is 4. The number of fused-ring (bicyclic) bond motifs is 3. The van der Waals surface area contributed by atoms with Gasteiger partial charge in [-0.05, 0) is 62.1 Å². The van der Waals surface area contributed by atoms with Crippen molar-refractivity contribution in [3.05, 3.63) is 139 Å². The average molecular weight is 839 g/mol. The van der Waals surface area contributed by atoms with Crippen LogP contribution in [0, 0.1) is 24.5 Å². The molecule has 0 unspecified atom stereocenters. The summed E-state index contributed by atoms with van der Waals surface area (Å²) in [6, 6.07) is 42.7. The predicted molar refractivity (Wildman–Crippen MR) is 206 cm³/mol. The zero-order chi connectivity index (χ0) is 33.2. The Labute approximate surface area is 304 Å². The quantitative estimate of drug-likeness (QED) is 0.127. The first-order valence-corrected chi connectivity index (χ1v) is 20.6. The van der Waals surface area contributed by atoms with E-state index in [1.54, 1.807) is 0 Å². The summed E-state index contributed by atoms with van der Waals surface area (Å²) in [5.74, 6) is 0. The maximum absolute atomic E-state index is 4.82. The molecule has 0 aliphatic carbocycles. The summed E-state index contributed by atoms with van der Waals surface area (Å²) in [7, 11) is -1.23. The van der Waals surface area contributed by atoms with Crippen LogP contribution >= 0.6 is 11.3 Å². The minimum atomic E-state index is -1.23. The molecule has 0 saturated heterocycles. The maximum Gasteiger partial charge on any atom is 0.0795 e. The van der Waals surface area contributed by atoms with Crippen LogP contribution in [0.2, 0.25) is 19.6 Å². The molecule has 3 heterocycles. The van der Waals surface area contributed by atoms with Crippen molar-refractivity contribution in [3.63, 3.8) is 0 Å². The molecule has 0 aliphatic heterocycles. The van der Waals surface area contributed by atoms with Gasteiger partial charge in [-0.25, -0.2) is 0 Å². The number of aromatic nitrogens is 2. The van der Waals surface area contributed by atoms with Crippen molar-refractivity contribution in [1.82, 2.24) is 9.97 Å². The van der Waals surface area contributed by atoms with E-state index >= 15 is 0 Å². The van der Waals surface area contributed by atoms with Crippen LogP contribution in [0.4, 0.5) is 0 Å². The third-order valence-electron chi connectivity index (χ3n) is 8.35. The second-order valence-corrected chi connectivity index (χ2v) is 20.5. The molecule has 0 bridgehead atoms. The Morgan fingerprint density at radius 2 is 1.44 bits per heavy atom. The van der Waals surface area contributed by atoms with E-state index < -0.39 is 8.07 Å². The van der Waals surface area contributed by atoms with Crippen molar-refractivity contribution in [3.8, 4) is 33.6 Å². The number of thiophene rings is 1. The molecule has 0 saturated carbocycles. The Balaban J connectivity index is 0.000000224. The van der Waals surface area contributed by atoms with Gasteiger partial charge in [-0.1, -0.05) is 118 Å². The third kappa shape index (κ3) is 8.10. The van der Waals surface area contributed by atoms with Crippen LogP contribution in [0.1, 0.15) is 31.9 Å². The molecule has 245 valence electrons. The van der Waals surface area contributed by atoms with E-state index in [-0.39, 0.29) is 25.5 Å². The fourth-order valence-corrected chi connectivity index (χ4v) is 8.19. The van der Waals surface area contributed by atoms with Gasteiger partial charge in [0.1, 0.15) is 0 Å². The smallest absolute Gasteiger partial charge is 0.0795 e. The van der Waals surface area contributed by atoms with Crippen LogP contribution in [0.3, 0.4) is 0 Å². The first-order chi connectivity index (χ1) is 22.5. The van der Waals surface area contributed by atoms with Gasteiger partial charge in [-0.3, -0.25) is 0 Å². The summed E-state index contributed by atoms with van der Waals surface area (Å²) in [6.07, 6.45) is 5.07. The molecule has 0 N–H and O–H groups in total. The molecule has 0 fully saturated rings. The number of pyridine rings is 2. The maximum atomic E-state index is 4.82. The average Bonchev–Trinajstić information content (AvgIpc) is 3.45.